The molecule has 0 bridgehead atoms. The molecule has 0 saturated heterocycles. The highest BCUT2D eigenvalue weighted by Crippen LogP contribution is 2.28. The van der Waals surface area contributed by atoms with Gasteiger partial charge in [-0.2, -0.15) is 0 Å². The lowest BCUT2D eigenvalue weighted by Gasteiger charge is -2.13. The van der Waals surface area contributed by atoms with Crippen LogP contribution in [0.2, 0.25) is 5.02 Å². The molecule has 0 saturated carbocycles. The number of carbonyl (C=O) groups is 1. The average Bonchev–Trinajstić information content (AvgIpc) is 2.53. The predicted molar refractivity (Wildman–Crippen MR) is 95.7 cm³/mol. The number of amides is 1. The van der Waals surface area contributed by atoms with Crippen molar-refractivity contribution in [3.8, 4) is 17.1 Å². The molecule has 7 nitrogen and oxygen atoms in total. The van der Waals surface area contributed by atoms with E-state index in [2.05, 4.69) is 20.5 Å². The number of aromatic amines is 1. The SMILES string of the molecule is COc1ccc(-c2nnc(C(C)NC(=O)CC(C)C)c(=O)[nH]2)cc1Cl. The van der Waals surface area contributed by atoms with Crippen molar-refractivity contribution < 1.29 is 9.53 Å². The Morgan fingerprint density at radius 3 is 2.60 bits per heavy atom. The second kappa shape index (κ2) is 8.11. The summed E-state index contributed by atoms with van der Waals surface area (Å²) in [6, 6.07) is 4.50. The highest BCUT2D eigenvalue weighted by molar-refractivity contribution is 6.32. The van der Waals surface area contributed by atoms with Gasteiger partial charge in [-0.1, -0.05) is 25.4 Å². The molecule has 8 heteroatoms. The molecule has 0 aliphatic rings. The van der Waals surface area contributed by atoms with Gasteiger partial charge in [-0.3, -0.25) is 9.59 Å². The first-order valence-electron chi connectivity index (χ1n) is 7.92. The van der Waals surface area contributed by atoms with E-state index in [1.807, 2.05) is 13.8 Å². The van der Waals surface area contributed by atoms with Crippen molar-refractivity contribution >= 4 is 17.5 Å². The van der Waals surface area contributed by atoms with Gasteiger partial charge < -0.3 is 15.0 Å². The molecule has 0 radical (unpaired) electrons. The highest BCUT2D eigenvalue weighted by Gasteiger charge is 2.17. The molecule has 0 spiro atoms. The van der Waals surface area contributed by atoms with Crippen LogP contribution in [0.15, 0.2) is 23.0 Å². The molecular weight excluding hydrogens is 344 g/mol. The van der Waals surface area contributed by atoms with Crippen LogP contribution in [0.25, 0.3) is 11.4 Å². The topological polar surface area (TPSA) is 97.0 Å². The second-order valence-electron chi connectivity index (χ2n) is 6.12. The molecular formula is C17H21ClN4O3. The number of carbonyl (C=O) groups excluding carboxylic acids is 1. The molecule has 1 unspecified atom stereocenters. The van der Waals surface area contributed by atoms with Crippen LogP contribution in [0, 0.1) is 5.92 Å². The van der Waals surface area contributed by atoms with Gasteiger partial charge in [0.2, 0.25) is 5.91 Å². The fourth-order valence-corrected chi connectivity index (χ4v) is 2.57. The van der Waals surface area contributed by atoms with Crippen molar-refractivity contribution in [3.05, 3.63) is 39.3 Å². The molecule has 1 aromatic heterocycles. The standard InChI is InChI=1S/C17H21ClN4O3/c1-9(2)7-14(23)19-10(3)15-17(24)20-16(22-21-15)11-5-6-13(25-4)12(18)8-11/h5-6,8-10H,7H2,1-4H3,(H,19,23)(H,20,22,24). The fraction of sp³-hybridized carbons (Fsp3) is 0.412. The van der Waals surface area contributed by atoms with Crippen LogP contribution in [0.1, 0.15) is 38.9 Å². The number of H-pyrrole nitrogens is 1. The maximum Gasteiger partial charge on any atom is 0.275 e. The summed E-state index contributed by atoms with van der Waals surface area (Å²) in [5, 5.41) is 11.2. The van der Waals surface area contributed by atoms with Crippen molar-refractivity contribution in [2.45, 2.75) is 33.2 Å². The van der Waals surface area contributed by atoms with Crippen LogP contribution >= 0.6 is 11.6 Å². The predicted octanol–water partition coefficient (Wildman–Crippen LogP) is 2.72. The van der Waals surface area contributed by atoms with Gasteiger partial charge in [0, 0.05) is 12.0 Å². The average molecular weight is 365 g/mol. The molecule has 1 aromatic carbocycles. The maximum absolute atomic E-state index is 12.3. The van der Waals surface area contributed by atoms with Crippen LogP contribution in [-0.2, 0) is 4.79 Å². The van der Waals surface area contributed by atoms with E-state index >= 15 is 0 Å². The van der Waals surface area contributed by atoms with Crippen LogP contribution < -0.4 is 15.6 Å². The molecule has 1 atom stereocenters. The molecule has 0 aliphatic carbocycles. The van der Waals surface area contributed by atoms with E-state index in [4.69, 9.17) is 16.3 Å². The van der Waals surface area contributed by atoms with Crippen molar-refractivity contribution in [2.75, 3.05) is 7.11 Å². The zero-order valence-electron chi connectivity index (χ0n) is 14.6. The number of nitrogens with zero attached hydrogens (tertiary/aromatic N) is 2. The second-order valence-corrected chi connectivity index (χ2v) is 6.53. The van der Waals surface area contributed by atoms with Crippen LogP contribution in [0.4, 0.5) is 0 Å². The third-order valence-corrected chi connectivity index (χ3v) is 3.82. The quantitative estimate of drug-likeness (QED) is 0.821. The Morgan fingerprint density at radius 2 is 2.04 bits per heavy atom. The van der Waals surface area contributed by atoms with E-state index in [9.17, 15) is 9.59 Å². The molecule has 0 aliphatic heterocycles. The molecule has 1 heterocycles. The smallest absolute Gasteiger partial charge is 0.275 e. The zero-order valence-corrected chi connectivity index (χ0v) is 15.3. The minimum Gasteiger partial charge on any atom is -0.495 e. The van der Waals surface area contributed by atoms with E-state index in [0.29, 0.717) is 28.6 Å². The van der Waals surface area contributed by atoms with Gasteiger partial charge >= 0.3 is 0 Å². The molecule has 2 N–H and O–H groups in total. The summed E-state index contributed by atoms with van der Waals surface area (Å²) in [5.74, 6) is 0.923. The van der Waals surface area contributed by atoms with Gasteiger partial charge in [-0.15, -0.1) is 10.2 Å². The number of hydrogen-bond acceptors (Lipinski definition) is 5. The van der Waals surface area contributed by atoms with Crippen molar-refractivity contribution in [1.82, 2.24) is 20.5 Å². The van der Waals surface area contributed by atoms with Crippen LogP contribution in [0.3, 0.4) is 0 Å². The number of hydrogen-bond donors (Lipinski definition) is 2. The number of aromatic nitrogens is 3. The first-order valence-corrected chi connectivity index (χ1v) is 8.29. The monoisotopic (exact) mass is 364 g/mol. The largest absolute Gasteiger partial charge is 0.495 e. The normalized spacial score (nSPS) is 12.1. The van der Waals surface area contributed by atoms with Crippen LogP contribution in [0.5, 0.6) is 5.75 Å². The Morgan fingerprint density at radius 1 is 1.32 bits per heavy atom. The van der Waals surface area contributed by atoms with E-state index in [0.717, 1.165) is 0 Å². The summed E-state index contributed by atoms with van der Waals surface area (Å²) in [5.41, 5.74) is 0.355. The van der Waals surface area contributed by atoms with E-state index in [1.54, 1.807) is 25.1 Å². The zero-order chi connectivity index (χ0) is 18.6. The van der Waals surface area contributed by atoms with Crippen molar-refractivity contribution in [3.63, 3.8) is 0 Å². The maximum atomic E-state index is 12.3. The molecule has 134 valence electrons. The highest BCUT2D eigenvalue weighted by atomic mass is 35.5. The summed E-state index contributed by atoms with van der Waals surface area (Å²) in [4.78, 5) is 26.8. The van der Waals surface area contributed by atoms with E-state index in [-0.39, 0.29) is 17.5 Å². The van der Waals surface area contributed by atoms with E-state index < -0.39 is 11.6 Å². The molecule has 2 rings (SSSR count). The summed E-state index contributed by atoms with van der Waals surface area (Å²) in [7, 11) is 1.52. The molecule has 1 amide bonds. The fourth-order valence-electron chi connectivity index (χ4n) is 2.31. The first-order chi connectivity index (χ1) is 11.8. The Kier molecular flexibility index (Phi) is 6.14. The van der Waals surface area contributed by atoms with Gasteiger partial charge in [0.15, 0.2) is 11.5 Å². The third kappa shape index (κ3) is 4.79. The summed E-state index contributed by atoms with van der Waals surface area (Å²) in [6.45, 7) is 5.60. The van der Waals surface area contributed by atoms with Gasteiger partial charge in [-0.05, 0) is 31.0 Å². The molecule has 25 heavy (non-hydrogen) atoms. The Hall–Kier alpha value is -2.41. The Bertz CT molecular complexity index is 820. The lowest BCUT2D eigenvalue weighted by Crippen LogP contribution is -2.32. The van der Waals surface area contributed by atoms with Crippen molar-refractivity contribution in [2.24, 2.45) is 5.92 Å². The number of ether oxygens (including phenoxy) is 1. The van der Waals surface area contributed by atoms with Crippen molar-refractivity contribution in [1.29, 1.82) is 0 Å². The molecule has 0 fully saturated rings. The summed E-state index contributed by atoms with van der Waals surface area (Å²) >= 11 is 6.09. The summed E-state index contributed by atoms with van der Waals surface area (Å²) in [6.07, 6.45) is 0.387. The number of nitrogens with one attached hydrogen (secondary N) is 2. The van der Waals surface area contributed by atoms with Gasteiger partial charge in [-0.25, -0.2) is 0 Å². The number of methoxy groups -OCH3 is 1. The Labute approximate surface area is 150 Å². The lowest BCUT2D eigenvalue weighted by atomic mass is 10.1. The number of halogens is 1. The van der Waals surface area contributed by atoms with Gasteiger partial charge in [0.1, 0.15) is 5.75 Å². The molecule has 2 aromatic rings. The minimum atomic E-state index is -0.531. The van der Waals surface area contributed by atoms with E-state index in [1.165, 1.54) is 7.11 Å². The van der Waals surface area contributed by atoms with Gasteiger partial charge in [0.25, 0.3) is 5.56 Å². The number of benzene rings is 1. The Balaban J connectivity index is 2.21. The third-order valence-electron chi connectivity index (χ3n) is 3.53. The first kappa shape index (κ1) is 18.9. The number of rotatable bonds is 6. The van der Waals surface area contributed by atoms with Crippen LogP contribution in [-0.4, -0.2) is 28.2 Å². The van der Waals surface area contributed by atoms with Gasteiger partial charge in [0.05, 0.1) is 18.2 Å². The minimum absolute atomic E-state index is 0.130. The summed E-state index contributed by atoms with van der Waals surface area (Å²) < 4.78 is 5.09. The lowest BCUT2D eigenvalue weighted by molar-refractivity contribution is -0.122.